The number of nitrogens with zero attached hydrogens (tertiary/aromatic N) is 1. The highest BCUT2D eigenvalue weighted by Crippen LogP contribution is 2.37. The topological polar surface area (TPSA) is 95.6 Å². The van der Waals surface area contributed by atoms with E-state index in [2.05, 4.69) is 10.6 Å². The van der Waals surface area contributed by atoms with E-state index in [4.69, 9.17) is 0 Å². The highest BCUT2D eigenvalue weighted by molar-refractivity contribution is 6.06. The van der Waals surface area contributed by atoms with Gasteiger partial charge in [0.25, 0.3) is 11.8 Å². The van der Waals surface area contributed by atoms with E-state index in [-0.39, 0.29) is 30.9 Å². The van der Waals surface area contributed by atoms with Crippen molar-refractivity contribution in [2.45, 2.75) is 70.3 Å². The van der Waals surface area contributed by atoms with Crippen molar-refractivity contribution in [3.63, 3.8) is 0 Å². The summed E-state index contributed by atoms with van der Waals surface area (Å²) >= 11 is 0. The number of halogens is 3. The number of alkyl halides is 3. The van der Waals surface area contributed by atoms with Gasteiger partial charge in [-0.25, -0.2) is 0 Å². The number of hydrogen-bond donors (Lipinski definition) is 2. The lowest BCUT2D eigenvalue weighted by Crippen LogP contribution is -2.52. The molecule has 1 aromatic carbocycles. The summed E-state index contributed by atoms with van der Waals surface area (Å²) in [7, 11) is 0. The predicted molar refractivity (Wildman–Crippen MR) is 111 cm³/mol. The highest BCUT2D eigenvalue weighted by atomic mass is 19.4. The average Bonchev–Trinajstić information content (AvgIpc) is 3.06. The second kappa shape index (κ2) is 8.79. The zero-order valence-corrected chi connectivity index (χ0v) is 18.2. The molecule has 2 fully saturated rings. The molecule has 2 heterocycles. The zero-order valence-electron chi connectivity index (χ0n) is 18.2. The van der Waals surface area contributed by atoms with E-state index in [0.29, 0.717) is 30.4 Å². The number of carbonyl (C=O) groups is 4. The maximum absolute atomic E-state index is 13.8. The molecule has 2 aliphatic heterocycles. The first-order valence-electron chi connectivity index (χ1n) is 11.2. The number of hydrogen-bond acceptors (Lipinski definition) is 4. The summed E-state index contributed by atoms with van der Waals surface area (Å²) in [5.41, 5.74) is 0.793. The Hall–Kier alpha value is -2.91. The quantitative estimate of drug-likeness (QED) is 0.669. The van der Waals surface area contributed by atoms with Crippen LogP contribution in [0.5, 0.6) is 0 Å². The van der Waals surface area contributed by atoms with Crippen molar-refractivity contribution >= 4 is 23.6 Å². The monoisotopic (exact) mass is 465 g/mol. The van der Waals surface area contributed by atoms with E-state index in [1.54, 1.807) is 0 Å². The molecule has 2 N–H and O–H groups in total. The van der Waals surface area contributed by atoms with Crippen molar-refractivity contribution < 1.29 is 32.3 Å². The van der Waals surface area contributed by atoms with Crippen LogP contribution >= 0.6 is 0 Å². The van der Waals surface area contributed by atoms with Crippen molar-refractivity contribution in [3.8, 4) is 0 Å². The molecule has 10 heteroatoms. The van der Waals surface area contributed by atoms with Crippen LogP contribution < -0.4 is 10.6 Å². The Morgan fingerprint density at radius 2 is 1.94 bits per heavy atom. The molecule has 4 rings (SSSR count). The number of amides is 4. The minimum absolute atomic E-state index is 0.0322. The summed E-state index contributed by atoms with van der Waals surface area (Å²) in [6.07, 6.45) is -1.85. The summed E-state index contributed by atoms with van der Waals surface area (Å²) in [4.78, 5) is 50.4. The molecule has 7 nitrogen and oxygen atoms in total. The molecular weight excluding hydrogens is 439 g/mol. The fourth-order valence-electron chi connectivity index (χ4n) is 5.19. The van der Waals surface area contributed by atoms with Gasteiger partial charge in [-0.3, -0.25) is 24.5 Å². The number of carbonyl (C=O) groups excluding carboxylic acids is 4. The van der Waals surface area contributed by atoms with Gasteiger partial charge in [0, 0.05) is 24.1 Å². The highest BCUT2D eigenvalue weighted by Gasteiger charge is 2.46. The second-order valence-electron chi connectivity index (χ2n) is 9.30. The Labute approximate surface area is 189 Å². The maximum atomic E-state index is 13.8. The van der Waals surface area contributed by atoms with E-state index in [9.17, 15) is 32.3 Å². The lowest BCUT2D eigenvalue weighted by molar-refractivity contribution is -0.168. The van der Waals surface area contributed by atoms with Crippen LogP contribution in [0.25, 0.3) is 0 Å². The Balaban J connectivity index is 1.50. The van der Waals surface area contributed by atoms with Gasteiger partial charge in [0.05, 0.1) is 0 Å². The molecule has 33 heavy (non-hydrogen) atoms. The molecule has 4 amide bonds. The minimum Gasteiger partial charge on any atom is -0.340 e. The van der Waals surface area contributed by atoms with Crippen LogP contribution in [0.4, 0.5) is 13.2 Å². The third kappa shape index (κ3) is 4.74. The summed E-state index contributed by atoms with van der Waals surface area (Å²) in [5, 5.41) is 4.40. The van der Waals surface area contributed by atoms with Crippen LogP contribution in [0.2, 0.25) is 0 Å². The van der Waals surface area contributed by atoms with Crippen molar-refractivity contribution in [1.82, 2.24) is 15.5 Å². The largest absolute Gasteiger partial charge is 0.408 e. The molecule has 1 aromatic rings. The van der Waals surface area contributed by atoms with Crippen LogP contribution in [0.15, 0.2) is 18.2 Å². The molecule has 4 atom stereocenters. The summed E-state index contributed by atoms with van der Waals surface area (Å²) in [5.74, 6) is -2.70. The fraction of sp³-hybridized carbons (Fsp3) is 0.565. The van der Waals surface area contributed by atoms with Gasteiger partial charge in [-0.2, -0.15) is 13.2 Å². The molecule has 0 aromatic heterocycles. The molecule has 1 aliphatic carbocycles. The number of piperidine rings is 1. The van der Waals surface area contributed by atoms with Gasteiger partial charge in [-0.1, -0.05) is 19.8 Å². The Morgan fingerprint density at radius 1 is 1.18 bits per heavy atom. The van der Waals surface area contributed by atoms with Crippen molar-refractivity contribution in [3.05, 3.63) is 34.9 Å². The first-order chi connectivity index (χ1) is 15.5. The first kappa shape index (κ1) is 23.3. The van der Waals surface area contributed by atoms with E-state index in [1.807, 2.05) is 6.92 Å². The SMILES string of the molecule is CC1CCCC(C(NC(=O)c2ccc3c(c2)CN(C2CCC(=O)NC2=O)C3=O)C(F)(F)F)C1. The van der Waals surface area contributed by atoms with Crippen molar-refractivity contribution in [1.29, 1.82) is 0 Å². The third-order valence-electron chi connectivity index (χ3n) is 6.87. The summed E-state index contributed by atoms with van der Waals surface area (Å²) < 4.78 is 41.3. The van der Waals surface area contributed by atoms with Crippen LogP contribution in [0.3, 0.4) is 0 Å². The number of imide groups is 1. The maximum Gasteiger partial charge on any atom is 0.408 e. The number of benzene rings is 1. The molecule has 1 saturated heterocycles. The summed E-state index contributed by atoms with van der Waals surface area (Å²) in [6, 6.07) is 1.41. The van der Waals surface area contributed by atoms with Gasteiger partial charge >= 0.3 is 6.18 Å². The van der Waals surface area contributed by atoms with Crippen LogP contribution in [0.1, 0.15) is 71.7 Å². The normalized spacial score (nSPS) is 26.6. The van der Waals surface area contributed by atoms with Gasteiger partial charge in [0.1, 0.15) is 12.1 Å². The number of nitrogens with one attached hydrogen (secondary N) is 2. The Morgan fingerprint density at radius 3 is 2.61 bits per heavy atom. The molecule has 3 aliphatic rings. The van der Waals surface area contributed by atoms with Crippen molar-refractivity contribution in [2.24, 2.45) is 11.8 Å². The van der Waals surface area contributed by atoms with Gasteiger partial charge in [0.2, 0.25) is 11.8 Å². The van der Waals surface area contributed by atoms with E-state index in [1.165, 1.54) is 23.1 Å². The van der Waals surface area contributed by atoms with Crippen LogP contribution in [0, 0.1) is 11.8 Å². The molecular formula is C23H26F3N3O4. The molecule has 0 radical (unpaired) electrons. The smallest absolute Gasteiger partial charge is 0.340 e. The molecule has 0 spiro atoms. The van der Waals surface area contributed by atoms with Crippen molar-refractivity contribution in [2.75, 3.05) is 0 Å². The fourth-order valence-corrected chi connectivity index (χ4v) is 5.19. The number of rotatable bonds is 4. The second-order valence-corrected chi connectivity index (χ2v) is 9.30. The average molecular weight is 465 g/mol. The van der Waals surface area contributed by atoms with Gasteiger partial charge < -0.3 is 10.2 Å². The van der Waals surface area contributed by atoms with Crippen LogP contribution in [-0.4, -0.2) is 46.8 Å². The molecule has 1 saturated carbocycles. The van der Waals surface area contributed by atoms with Gasteiger partial charge in [0.15, 0.2) is 0 Å². The zero-order chi connectivity index (χ0) is 23.9. The minimum atomic E-state index is -4.56. The molecule has 178 valence electrons. The van der Waals surface area contributed by atoms with Gasteiger partial charge in [-0.15, -0.1) is 0 Å². The molecule has 4 unspecified atom stereocenters. The predicted octanol–water partition coefficient (Wildman–Crippen LogP) is 2.93. The lowest BCUT2D eigenvalue weighted by atomic mass is 9.78. The van der Waals surface area contributed by atoms with Crippen LogP contribution in [-0.2, 0) is 16.1 Å². The Bertz CT molecular complexity index is 994. The van der Waals surface area contributed by atoms with Gasteiger partial charge in [-0.05, 0) is 54.9 Å². The standard InChI is InChI=1S/C23H26F3N3O4/c1-12-3-2-4-13(9-12)19(23(24,25)26)28-20(31)14-5-6-16-15(10-14)11-29(22(16)33)17-7-8-18(30)27-21(17)32/h5-6,10,12-13,17,19H,2-4,7-9,11H2,1H3,(H,28,31)(H,27,30,32). The first-order valence-corrected chi connectivity index (χ1v) is 11.2. The van der Waals surface area contributed by atoms with E-state index >= 15 is 0 Å². The summed E-state index contributed by atoms with van der Waals surface area (Å²) in [6.45, 7) is 1.97. The Kier molecular flexibility index (Phi) is 6.20. The molecule has 0 bridgehead atoms. The lowest BCUT2D eigenvalue weighted by Gasteiger charge is -2.34. The van der Waals surface area contributed by atoms with E-state index in [0.717, 1.165) is 6.42 Å². The third-order valence-corrected chi connectivity index (χ3v) is 6.87. The van der Waals surface area contributed by atoms with E-state index < -0.39 is 47.8 Å². The number of fused-ring (bicyclic) bond motifs is 1.